The Hall–Kier alpha value is -3.78. The highest BCUT2D eigenvalue weighted by atomic mass is 35.5. The minimum absolute atomic E-state index is 0.211. The molecule has 1 atom stereocenters. The Morgan fingerprint density at radius 1 is 1.16 bits per heavy atom. The number of aromatic nitrogens is 1. The lowest BCUT2D eigenvalue weighted by atomic mass is 10.1. The van der Waals surface area contributed by atoms with Gasteiger partial charge in [-0.05, 0) is 88.2 Å². The van der Waals surface area contributed by atoms with Gasteiger partial charge in [0.25, 0.3) is 5.91 Å². The summed E-state index contributed by atoms with van der Waals surface area (Å²) in [6.07, 6.45) is -1.34. The van der Waals surface area contributed by atoms with E-state index >= 15 is 0 Å². The van der Waals surface area contributed by atoms with Crippen LogP contribution in [-0.2, 0) is 16.1 Å². The first-order valence-corrected chi connectivity index (χ1v) is 12.3. The fraction of sp³-hybridized carbons (Fsp3) is 0.321. The Morgan fingerprint density at radius 3 is 2.57 bits per heavy atom. The number of ether oxygens (including phenoxy) is 3. The molecule has 0 N–H and O–H groups in total. The van der Waals surface area contributed by atoms with Gasteiger partial charge in [0.05, 0.1) is 19.3 Å². The van der Waals surface area contributed by atoms with E-state index in [-0.39, 0.29) is 18.3 Å². The number of hydrogen-bond acceptors (Lipinski definition) is 6. The lowest BCUT2D eigenvalue weighted by Gasteiger charge is -2.33. The average Bonchev–Trinajstić information content (AvgIpc) is 2.82. The molecule has 0 spiro atoms. The van der Waals surface area contributed by atoms with E-state index in [1.54, 1.807) is 71.2 Å². The van der Waals surface area contributed by atoms with Gasteiger partial charge in [-0.15, -0.1) is 0 Å². The van der Waals surface area contributed by atoms with Crippen LogP contribution in [0.4, 0.5) is 22.0 Å². The summed E-state index contributed by atoms with van der Waals surface area (Å²) in [5.41, 5.74) is 2.20. The van der Waals surface area contributed by atoms with Crippen LogP contribution in [0, 0.1) is 6.92 Å². The fourth-order valence-corrected chi connectivity index (χ4v) is 4.11. The van der Waals surface area contributed by atoms with Crippen molar-refractivity contribution in [3.05, 3.63) is 70.7 Å². The van der Waals surface area contributed by atoms with E-state index in [4.69, 9.17) is 25.8 Å². The van der Waals surface area contributed by atoms with E-state index in [1.165, 1.54) is 9.80 Å². The minimum Gasteiger partial charge on any atom is -0.497 e. The van der Waals surface area contributed by atoms with Crippen LogP contribution in [0.2, 0.25) is 5.02 Å². The molecule has 0 aliphatic carbocycles. The number of carbonyl (C=O) groups excluding carboxylic acids is 2. The molecule has 2 amide bonds. The van der Waals surface area contributed by atoms with Crippen LogP contribution in [-0.4, -0.2) is 35.8 Å². The van der Waals surface area contributed by atoms with E-state index < -0.39 is 17.8 Å². The molecule has 8 nitrogen and oxygen atoms in total. The lowest BCUT2D eigenvalue weighted by Crippen LogP contribution is -2.42. The molecular formula is C28H30ClN3O5. The topological polar surface area (TPSA) is 81.2 Å². The maximum absolute atomic E-state index is 13.3. The van der Waals surface area contributed by atoms with Crippen LogP contribution >= 0.6 is 11.6 Å². The Bertz CT molecular complexity index is 1340. The molecule has 2 heterocycles. The zero-order chi connectivity index (χ0) is 26.9. The van der Waals surface area contributed by atoms with Gasteiger partial charge in [-0.2, -0.15) is 4.98 Å². The highest BCUT2D eigenvalue weighted by Gasteiger charge is 2.35. The fourth-order valence-electron chi connectivity index (χ4n) is 3.93. The highest BCUT2D eigenvalue weighted by molar-refractivity contribution is 6.31. The number of hydrogen-bond donors (Lipinski definition) is 0. The van der Waals surface area contributed by atoms with E-state index in [1.807, 2.05) is 25.1 Å². The molecule has 1 aliphatic heterocycles. The molecule has 37 heavy (non-hydrogen) atoms. The first kappa shape index (κ1) is 26.3. The summed E-state index contributed by atoms with van der Waals surface area (Å²) in [7, 11) is 1.61. The molecule has 0 saturated heterocycles. The normalized spacial score (nSPS) is 15.1. The number of methoxy groups -OCH3 is 1. The quantitative estimate of drug-likeness (QED) is 0.383. The maximum atomic E-state index is 13.3. The number of pyridine rings is 1. The van der Waals surface area contributed by atoms with Gasteiger partial charge in [0.15, 0.2) is 6.10 Å². The Balaban J connectivity index is 1.76. The summed E-state index contributed by atoms with van der Waals surface area (Å²) in [5.74, 6) is 1.03. The summed E-state index contributed by atoms with van der Waals surface area (Å²) >= 11 is 6.19. The minimum atomic E-state index is -0.784. The Kier molecular flexibility index (Phi) is 7.32. The maximum Gasteiger partial charge on any atom is 0.416 e. The predicted octanol–water partition coefficient (Wildman–Crippen LogP) is 6.44. The zero-order valence-corrected chi connectivity index (χ0v) is 22.5. The Labute approximate surface area is 221 Å². The third-order valence-electron chi connectivity index (χ3n) is 5.76. The highest BCUT2D eigenvalue weighted by Crippen LogP contribution is 2.40. The standard InChI is InChI=1S/C28H30ClN3O5/c1-17-14-22(35-6)11-10-19(17)16-31(27(34)37-28(3,4)5)24-13-12-23-25(30-24)36-18(2)26(33)32(23)21-9-7-8-20(29)15-21/h7-15,18H,16H2,1-6H3. The molecule has 2 aromatic carbocycles. The molecule has 3 aromatic rings. The van der Waals surface area contributed by atoms with Gasteiger partial charge < -0.3 is 14.2 Å². The number of benzene rings is 2. The molecule has 0 bridgehead atoms. The second kappa shape index (κ2) is 10.3. The lowest BCUT2D eigenvalue weighted by molar-refractivity contribution is -0.124. The van der Waals surface area contributed by atoms with Crippen molar-refractivity contribution in [3.63, 3.8) is 0 Å². The third kappa shape index (κ3) is 5.80. The van der Waals surface area contributed by atoms with Crippen molar-refractivity contribution in [2.45, 2.75) is 52.9 Å². The number of anilines is 3. The number of carbonyl (C=O) groups is 2. The number of nitrogens with zero attached hydrogens (tertiary/aromatic N) is 3. The van der Waals surface area contributed by atoms with Crippen LogP contribution in [0.25, 0.3) is 0 Å². The molecular weight excluding hydrogens is 494 g/mol. The van der Waals surface area contributed by atoms with Gasteiger partial charge in [0.2, 0.25) is 5.88 Å². The predicted molar refractivity (Wildman–Crippen MR) is 143 cm³/mol. The van der Waals surface area contributed by atoms with E-state index in [9.17, 15) is 9.59 Å². The molecule has 9 heteroatoms. The molecule has 4 rings (SSSR count). The van der Waals surface area contributed by atoms with Crippen LogP contribution in [0.15, 0.2) is 54.6 Å². The van der Waals surface area contributed by atoms with Crippen molar-refractivity contribution in [3.8, 4) is 11.6 Å². The van der Waals surface area contributed by atoms with E-state index in [0.717, 1.165) is 16.9 Å². The van der Waals surface area contributed by atoms with Crippen molar-refractivity contribution in [2.24, 2.45) is 0 Å². The van der Waals surface area contributed by atoms with Crippen LogP contribution < -0.4 is 19.3 Å². The monoisotopic (exact) mass is 523 g/mol. The first-order chi connectivity index (χ1) is 17.5. The van der Waals surface area contributed by atoms with Crippen LogP contribution in [0.1, 0.15) is 38.8 Å². The van der Waals surface area contributed by atoms with Crippen molar-refractivity contribution in [1.82, 2.24) is 4.98 Å². The number of fused-ring (bicyclic) bond motifs is 1. The van der Waals surface area contributed by atoms with Gasteiger partial charge >= 0.3 is 6.09 Å². The Morgan fingerprint density at radius 2 is 1.92 bits per heavy atom. The molecule has 194 valence electrons. The first-order valence-electron chi connectivity index (χ1n) is 11.9. The number of aryl methyl sites for hydroxylation is 1. The van der Waals surface area contributed by atoms with Crippen molar-refractivity contribution in [2.75, 3.05) is 16.9 Å². The SMILES string of the molecule is COc1ccc(CN(C(=O)OC(C)(C)C)c2ccc3c(n2)OC(C)C(=O)N3c2cccc(Cl)c2)c(C)c1. The van der Waals surface area contributed by atoms with Crippen LogP contribution in [0.3, 0.4) is 0 Å². The van der Waals surface area contributed by atoms with Crippen LogP contribution in [0.5, 0.6) is 11.6 Å². The molecule has 1 unspecified atom stereocenters. The summed E-state index contributed by atoms with van der Waals surface area (Å²) in [6.45, 7) is 9.24. The van der Waals surface area contributed by atoms with Crippen molar-refractivity contribution < 1.29 is 23.8 Å². The molecule has 1 aliphatic rings. The van der Waals surface area contributed by atoms with Gasteiger partial charge in [-0.25, -0.2) is 4.79 Å². The van der Waals surface area contributed by atoms with E-state index in [2.05, 4.69) is 4.98 Å². The third-order valence-corrected chi connectivity index (χ3v) is 5.99. The number of amides is 2. The second-order valence-corrected chi connectivity index (χ2v) is 10.2. The molecule has 0 fully saturated rings. The van der Waals surface area contributed by atoms with Gasteiger partial charge in [0.1, 0.15) is 22.9 Å². The van der Waals surface area contributed by atoms with Gasteiger partial charge in [-0.3, -0.25) is 14.6 Å². The second-order valence-electron chi connectivity index (χ2n) is 9.77. The van der Waals surface area contributed by atoms with Gasteiger partial charge in [-0.1, -0.05) is 23.7 Å². The van der Waals surface area contributed by atoms with Crippen molar-refractivity contribution in [1.29, 1.82) is 0 Å². The number of rotatable bonds is 5. The summed E-state index contributed by atoms with van der Waals surface area (Å²) in [4.78, 5) is 34.0. The summed E-state index contributed by atoms with van der Waals surface area (Å²) < 4.78 is 16.9. The van der Waals surface area contributed by atoms with E-state index in [0.29, 0.717) is 22.2 Å². The summed E-state index contributed by atoms with van der Waals surface area (Å²) in [5, 5.41) is 0.501. The molecule has 0 saturated carbocycles. The smallest absolute Gasteiger partial charge is 0.416 e. The summed E-state index contributed by atoms with van der Waals surface area (Å²) in [6, 6.07) is 16.0. The molecule has 0 radical (unpaired) electrons. The molecule has 1 aromatic heterocycles. The van der Waals surface area contributed by atoms with Crippen molar-refractivity contribution >= 4 is 40.8 Å². The average molecular weight is 524 g/mol. The number of halogens is 1. The zero-order valence-electron chi connectivity index (χ0n) is 21.7. The largest absolute Gasteiger partial charge is 0.497 e. The van der Waals surface area contributed by atoms with Gasteiger partial charge in [0, 0.05) is 5.02 Å².